The average molecular weight is 3010 g/mol. The van der Waals surface area contributed by atoms with Crippen LogP contribution in [0.25, 0.3) is 30.8 Å². The zero-order valence-electron chi connectivity index (χ0n) is 29.6. The first kappa shape index (κ1) is 127. The summed E-state index contributed by atoms with van der Waals surface area (Å²) in [5.41, 5.74) is -1.47. The number of carbonyl (C=O) groups excluding carboxylic acids is 4. The van der Waals surface area contributed by atoms with Crippen LogP contribution in [0.4, 0.5) is 0 Å². The number of ketones is 1. The molecule has 0 aromatic rings. The molecular weight excluding hydrogens is 2960 g/mol. The third kappa shape index (κ3) is 94.9. The number of amides is 2. The SMILES string of the molecule is CC(=O)CC(=O)SCCNC(=O)CCNC(=O)[C@H](O)C(C)(C)COP(=O)(O)OP(=O)(O)O.O.O=P(O)(O)O.[Ac].[Ac].[Ac].[Ac].[Ac].[Ac].[Ac].[Ac].[Ac].[Ac].[NH2-].[NH2-].[NH2-].[NH2-].[NH2-].[OH3+]. The number of carbonyl (C=O) groups is 4. The summed E-state index contributed by atoms with van der Waals surface area (Å²) in [5.74, 6) is -1.32. The van der Waals surface area contributed by atoms with E-state index < -0.39 is 53.4 Å². The fraction of sp³-hybridized carbons (Fsp3) is 0.733. The van der Waals surface area contributed by atoms with E-state index in [2.05, 4.69) is 19.5 Å². The molecule has 0 spiro atoms. The Labute approximate surface area is 677 Å². The molecule has 0 aliphatic rings. The van der Waals surface area contributed by atoms with E-state index in [0.29, 0.717) is 0 Å². The molecule has 0 heterocycles. The molecule has 0 aromatic heterocycles. The van der Waals surface area contributed by atoms with Crippen LogP contribution < -0.4 is 10.6 Å². The first-order chi connectivity index (χ1) is 16.4. The van der Waals surface area contributed by atoms with Gasteiger partial charge in [0.1, 0.15) is 11.9 Å². The summed E-state index contributed by atoms with van der Waals surface area (Å²) < 4.78 is 39.0. The van der Waals surface area contributed by atoms with Gasteiger partial charge in [-0.25, -0.2) is 13.7 Å². The van der Waals surface area contributed by atoms with Crippen molar-refractivity contribution in [1.29, 1.82) is 0 Å². The second-order valence-corrected chi connectivity index (χ2v) is 12.7. The minimum absolute atomic E-state index is 0. The predicted octanol–water partition coefficient (Wildman–Crippen LogP) is 0.372. The van der Waals surface area contributed by atoms with E-state index in [1.54, 1.807) is 0 Å². The summed E-state index contributed by atoms with van der Waals surface area (Å²) in [6.45, 7) is 3.13. The Morgan fingerprint density at radius 1 is 0.722 bits per heavy atom. The van der Waals surface area contributed by atoms with Crippen molar-refractivity contribution in [1.82, 2.24) is 10.6 Å². The second kappa shape index (κ2) is 70.4. The smallest absolute Gasteiger partial charge is 0.481 e. The van der Waals surface area contributed by atoms with Gasteiger partial charge in [0, 0.05) is 471 Å². The van der Waals surface area contributed by atoms with E-state index in [1.165, 1.54) is 20.8 Å². The largest absolute Gasteiger partial charge is 0.693 e. The van der Waals surface area contributed by atoms with Crippen molar-refractivity contribution in [2.24, 2.45) is 5.41 Å². The maximum atomic E-state index is 12.0. The monoisotopic (exact) mass is 3010 g/mol. The van der Waals surface area contributed by atoms with Crippen LogP contribution in [0.5, 0.6) is 0 Å². The Hall–Kier alpha value is 13.1. The van der Waals surface area contributed by atoms with Gasteiger partial charge in [-0.15, -0.1) is 0 Å². The van der Waals surface area contributed by atoms with Gasteiger partial charge < -0.3 is 86.8 Å². The molecule has 0 rings (SSSR count). The Bertz CT molecular complexity index is 980. The number of phosphoric acid groups is 3. The molecular formula is C15H46Ac10N7O18P3S-4. The van der Waals surface area contributed by atoms with Crippen LogP contribution in [0.2, 0.25) is 0 Å². The first-order valence-electron chi connectivity index (χ1n) is 9.85. The van der Waals surface area contributed by atoms with E-state index in [1.807, 2.05) is 0 Å². The predicted molar refractivity (Wildman–Crippen MR) is 161 cm³/mol. The molecule has 39 heteroatoms. The van der Waals surface area contributed by atoms with Crippen molar-refractivity contribution in [2.75, 3.05) is 25.4 Å². The van der Waals surface area contributed by atoms with Gasteiger partial charge in [0.2, 0.25) is 11.8 Å². The third-order valence-electron chi connectivity index (χ3n) is 3.53. The van der Waals surface area contributed by atoms with Crippen LogP contribution in [-0.4, -0.2) is 94.2 Å². The van der Waals surface area contributed by atoms with E-state index in [9.17, 15) is 38.3 Å². The summed E-state index contributed by atoms with van der Waals surface area (Å²) in [6.07, 6.45) is -2.08. The zero-order chi connectivity index (χ0) is 29.7. The maximum Gasteiger partial charge on any atom is 0.481 e. The number of thioether (sulfide) groups is 1. The molecule has 2 atom stereocenters. The number of Topliss-reactive ketones (excluding diaryl/α,β-unsaturated/α-hetero) is 1. The van der Waals surface area contributed by atoms with E-state index in [-0.39, 0.29) is 525 Å². The number of nitrogens with two attached hydrogens (primary N) is 5. The minimum Gasteiger partial charge on any atom is -0.693 e. The quantitative estimate of drug-likeness (QED) is 0.0463. The molecule has 0 bridgehead atoms. The second-order valence-electron chi connectivity index (χ2n) is 7.71. The Balaban J connectivity index is -0.0000000307. The normalized spacial score (nSPS) is 9.89. The van der Waals surface area contributed by atoms with Gasteiger partial charge in [0.25, 0.3) is 0 Å². The van der Waals surface area contributed by atoms with Crippen molar-refractivity contribution in [3.8, 4) is 0 Å². The van der Waals surface area contributed by atoms with E-state index in [0.717, 1.165) is 11.8 Å². The number of rotatable bonds is 15. The molecule has 0 saturated heterocycles. The number of aliphatic hydroxyl groups excluding tert-OH is 1. The van der Waals surface area contributed by atoms with Crippen LogP contribution in [-0.2, 0) is 47.2 Å². The molecule has 25 nitrogen and oxygen atoms in total. The molecule has 0 aliphatic heterocycles. The van der Waals surface area contributed by atoms with E-state index >= 15 is 0 Å². The fourth-order valence-corrected chi connectivity index (χ4v) is 4.43. The fourth-order valence-electron chi connectivity index (χ4n) is 1.93. The average Bonchev–Trinajstić information content (AvgIpc) is 2.65. The molecule has 0 fully saturated rings. The number of hydrogen-bond donors (Lipinski definition) is 9. The Morgan fingerprint density at radius 2 is 1.07 bits per heavy atom. The first-order valence-corrected chi connectivity index (χ1v) is 15.4. The van der Waals surface area contributed by atoms with Gasteiger partial charge in [0.05, 0.1) is 13.0 Å². The van der Waals surface area contributed by atoms with Gasteiger partial charge >= 0.3 is 23.5 Å². The Morgan fingerprint density at radius 3 is 1.39 bits per heavy atom. The number of nitrogens with one attached hydrogen (secondary N) is 2. The molecule has 0 aromatic carbocycles. The molecule has 304 valence electrons. The minimum atomic E-state index is -5.31. The van der Waals surface area contributed by atoms with Gasteiger partial charge in [-0.1, -0.05) is 25.6 Å². The van der Waals surface area contributed by atoms with Gasteiger partial charge in [-0.05, 0) is 6.92 Å². The van der Waals surface area contributed by atoms with Crippen LogP contribution >= 0.6 is 35.2 Å². The van der Waals surface area contributed by atoms with Crippen molar-refractivity contribution in [3.05, 3.63) is 30.8 Å². The van der Waals surface area contributed by atoms with Crippen molar-refractivity contribution >= 4 is 57.9 Å². The number of hydrogen-bond acceptors (Lipinski definition) is 11. The standard InChI is InChI=1S/C15H28N2O12P2S.10Ac.5H2N.H3O4P.2H2O/c1-10(18)8-12(20)32-7-6-16-11(19)4-5-17-14(22)13(21)15(2,3)9-28-31(26,27)29-30(23,24)25;;;;;;;;;;;;;;;;1-5(2,3)4;;/h13,21H,4-9H2,1-3H3,(H,16,19)(H,17,22)(H,26,27)(H2,23,24,25);;;;;;;;;;;5*1H2;(H3,1,2,3,4);2*1H2/q;;;;;;;;;;;5*-1;;;/p+1/t13-;;;;;;;;;;;;;;;;;;/m0................../s1. The van der Waals surface area contributed by atoms with Gasteiger partial charge in [0.15, 0.2) is 5.12 Å². The zero-order valence-corrected chi connectivity index (χ0v) is 80.6. The van der Waals surface area contributed by atoms with Crippen molar-refractivity contribution in [2.45, 2.75) is 39.7 Å². The maximum absolute atomic E-state index is 12.0. The summed E-state index contributed by atoms with van der Waals surface area (Å²) in [5, 5.41) is 14.6. The molecule has 24 N–H and O–H groups in total. The Kier molecular flexibility index (Phi) is 165. The third-order valence-corrected chi connectivity index (χ3v) is 6.54. The van der Waals surface area contributed by atoms with Crippen LogP contribution in [0, 0.1) is 446 Å². The number of aliphatic hydroxyl groups is 1. The van der Waals surface area contributed by atoms with Gasteiger partial charge in [-0.3, -0.25) is 23.7 Å². The molecule has 1 unspecified atom stereocenters. The summed E-state index contributed by atoms with van der Waals surface area (Å²) in [6, 6.07) is 0. The van der Waals surface area contributed by atoms with Gasteiger partial charge in [-0.2, -0.15) is 4.31 Å². The molecule has 0 saturated carbocycles. The van der Waals surface area contributed by atoms with Crippen LogP contribution in [0.3, 0.4) is 0 Å². The number of phosphoric ester groups is 1. The van der Waals surface area contributed by atoms with Crippen molar-refractivity contribution in [3.63, 3.8) is 0 Å². The molecule has 0 aliphatic carbocycles. The van der Waals surface area contributed by atoms with Crippen molar-refractivity contribution < 1.29 is 528 Å². The van der Waals surface area contributed by atoms with E-state index in [4.69, 9.17) is 29.0 Å². The molecule has 2 amide bonds. The summed E-state index contributed by atoms with van der Waals surface area (Å²) >= 11 is 0.912. The topological polar surface area (TPSA) is 536 Å². The summed E-state index contributed by atoms with van der Waals surface area (Å²) in [4.78, 5) is 93.8. The van der Waals surface area contributed by atoms with Crippen LogP contribution in [0.1, 0.15) is 33.6 Å². The molecule has 10 radical (unpaired) electrons. The summed E-state index contributed by atoms with van der Waals surface area (Å²) in [7, 11) is -15.1. The molecule has 54 heavy (non-hydrogen) atoms. The van der Waals surface area contributed by atoms with Crippen LogP contribution in [0.15, 0.2) is 0 Å².